The minimum absolute atomic E-state index is 0.364. The lowest BCUT2D eigenvalue weighted by molar-refractivity contribution is 0.491. The number of rotatable bonds is 4. The summed E-state index contributed by atoms with van der Waals surface area (Å²) >= 11 is 12.2. The first kappa shape index (κ1) is 12.6. The Labute approximate surface area is 120 Å². The summed E-state index contributed by atoms with van der Waals surface area (Å²) in [5, 5.41) is 0.695. The summed E-state index contributed by atoms with van der Waals surface area (Å²) in [6.07, 6.45) is 2.46. The molecule has 0 radical (unpaired) electrons. The standard InChI is InChI=1S/C14H12Cl2N2O/c15-9-13-17-12-5-1-4-11(16)14(12)18(13)7-6-10-3-2-8-19-10/h1-5,8H,6-7,9H2. The molecule has 0 unspecified atom stereocenters. The van der Waals surface area contributed by atoms with E-state index in [1.165, 1.54) is 0 Å². The van der Waals surface area contributed by atoms with E-state index in [1.807, 2.05) is 30.3 Å². The van der Waals surface area contributed by atoms with Gasteiger partial charge in [-0.15, -0.1) is 11.6 Å². The maximum Gasteiger partial charge on any atom is 0.124 e. The highest BCUT2D eigenvalue weighted by Crippen LogP contribution is 2.25. The van der Waals surface area contributed by atoms with Crippen molar-refractivity contribution >= 4 is 34.2 Å². The van der Waals surface area contributed by atoms with E-state index in [4.69, 9.17) is 27.6 Å². The smallest absolute Gasteiger partial charge is 0.124 e. The average Bonchev–Trinajstić information content (AvgIpc) is 3.03. The highest BCUT2D eigenvalue weighted by Gasteiger charge is 2.12. The van der Waals surface area contributed by atoms with Crippen molar-refractivity contribution in [1.82, 2.24) is 9.55 Å². The summed E-state index contributed by atoms with van der Waals surface area (Å²) in [7, 11) is 0. The summed E-state index contributed by atoms with van der Waals surface area (Å²) in [4.78, 5) is 4.51. The molecule has 0 atom stereocenters. The quantitative estimate of drug-likeness (QED) is 0.673. The number of hydrogen-bond donors (Lipinski definition) is 0. The summed E-state index contributed by atoms with van der Waals surface area (Å²) in [5.41, 5.74) is 1.81. The largest absolute Gasteiger partial charge is 0.469 e. The number of hydrogen-bond acceptors (Lipinski definition) is 2. The van der Waals surface area contributed by atoms with Crippen LogP contribution in [0.1, 0.15) is 11.6 Å². The monoisotopic (exact) mass is 294 g/mol. The van der Waals surface area contributed by atoms with E-state index in [2.05, 4.69) is 9.55 Å². The Balaban J connectivity index is 2.00. The maximum absolute atomic E-state index is 6.27. The molecule has 3 aromatic rings. The number of nitrogens with zero attached hydrogens (tertiary/aromatic N) is 2. The number of benzene rings is 1. The van der Waals surface area contributed by atoms with Gasteiger partial charge in [0, 0.05) is 13.0 Å². The molecule has 3 nitrogen and oxygen atoms in total. The Kier molecular flexibility index (Phi) is 3.49. The number of halogens is 2. The second-order valence-corrected chi connectivity index (χ2v) is 4.92. The molecule has 0 amide bonds. The lowest BCUT2D eigenvalue weighted by Gasteiger charge is -2.07. The zero-order valence-electron chi connectivity index (χ0n) is 10.1. The highest BCUT2D eigenvalue weighted by molar-refractivity contribution is 6.35. The fourth-order valence-corrected chi connectivity index (χ4v) is 2.69. The van der Waals surface area contributed by atoms with Crippen molar-refractivity contribution in [3.05, 3.63) is 53.2 Å². The molecule has 0 fully saturated rings. The Hall–Kier alpha value is -1.45. The molecular weight excluding hydrogens is 283 g/mol. The van der Waals surface area contributed by atoms with Crippen molar-refractivity contribution < 1.29 is 4.42 Å². The maximum atomic E-state index is 6.27. The van der Waals surface area contributed by atoms with Gasteiger partial charge >= 0.3 is 0 Å². The van der Waals surface area contributed by atoms with Gasteiger partial charge < -0.3 is 8.98 Å². The first-order valence-corrected chi connectivity index (χ1v) is 6.93. The number of aryl methyl sites for hydroxylation is 2. The average molecular weight is 295 g/mol. The van der Waals surface area contributed by atoms with Crippen molar-refractivity contribution in [3.8, 4) is 0 Å². The first-order chi connectivity index (χ1) is 9.29. The van der Waals surface area contributed by atoms with Crippen LogP contribution in [0.15, 0.2) is 41.0 Å². The third kappa shape index (κ3) is 2.36. The minimum Gasteiger partial charge on any atom is -0.469 e. The van der Waals surface area contributed by atoms with Gasteiger partial charge in [0.25, 0.3) is 0 Å². The molecule has 2 aromatic heterocycles. The molecule has 0 N–H and O–H groups in total. The van der Waals surface area contributed by atoms with Crippen molar-refractivity contribution in [2.24, 2.45) is 0 Å². The summed E-state index contributed by atoms with van der Waals surface area (Å²) in [6, 6.07) is 9.55. The third-order valence-electron chi connectivity index (χ3n) is 3.08. The fourth-order valence-electron chi connectivity index (χ4n) is 2.21. The van der Waals surface area contributed by atoms with Crippen LogP contribution in [0.25, 0.3) is 11.0 Å². The molecule has 0 aliphatic rings. The van der Waals surface area contributed by atoms with Crippen LogP contribution >= 0.6 is 23.2 Å². The van der Waals surface area contributed by atoms with Gasteiger partial charge in [0.1, 0.15) is 11.6 Å². The van der Waals surface area contributed by atoms with Crippen LogP contribution in [0, 0.1) is 0 Å². The van der Waals surface area contributed by atoms with Gasteiger partial charge in [-0.1, -0.05) is 17.7 Å². The molecule has 0 aliphatic carbocycles. The van der Waals surface area contributed by atoms with Gasteiger partial charge in [0.15, 0.2) is 0 Å². The van der Waals surface area contributed by atoms with Crippen molar-refractivity contribution in [3.63, 3.8) is 0 Å². The zero-order valence-corrected chi connectivity index (χ0v) is 11.7. The van der Waals surface area contributed by atoms with Crippen molar-refractivity contribution in [2.45, 2.75) is 18.8 Å². The Morgan fingerprint density at radius 3 is 2.84 bits per heavy atom. The molecule has 5 heteroatoms. The molecule has 0 bridgehead atoms. The predicted molar refractivity (Wildman–Crippen MR) is 76.7 cm³/mol. The highest BCUT2D eigenvalue weighted by atomic mass is 35.5. The third-order valence-corrected chi connectivity index (χ3v) is 3.62. The molecule has 0 saturated heterocycles. The normalized spacial score (nSPS) is 11.3. The van der Waals surface area contributed by atoms with Crippen LogP contribution in [0.3, 0.4) is 0 Å². The van der Waals surface area contributed by atoms with Crippen LogP contribution in [-0.2, 0) is 18.8 Å². The van der Waals surface area contributed by atoms with Crippen LogP contribution < -0.4 is 0 Å². The van der Waals surface area contributed by atoms with Crippen LogP contribution in [0.2, 0.25) is 5.02 Å². The molecule has 3 rings (SSSR count). The van der Waals surface area contributed by atoms with Crippen LogP contribution in [-0.4, -0.2) is 9.55 Å². The fraction of sp³-hybridized carbons (Fsp3) is 0.214. The van der Waals surface area contributed by atoms with E-state index in [-0.39, 0.29) is 0 Å². The van der Waals surface area contributed by atoms with Gasteiger partial charge in [0.05, 0.1) is 28.2 Å². The topological polar surface area (TPSA) is 31.0 Å². The van der Waals surface area contributed by atoms with Crippen molar-refractivity contribution in [1.29, 1.82) is 0 Å². The first-order valence-electron chi connectivity index (χ1n) is 6.01. The number of aromatic nitrogens is 2. The molecule has 0 spiro atoms. The summed E-state index contributed by atoms with van der Waals surface area (Å²) in [5.74, 6) is 2.13. The Morgan fingerprint density at radius 1 is 1.21 bits per heavy atom. The molecule has 98 valence electrons. The molecular formula is C14H12Cl2N2O. The van der Waals surface area contributed by atoms with Gasteiger partial charge in [-0.3, -0.25) is 0 Å². The summed E-state index contributed by atoms with van der Waals surface area (Å²) < 4.78 is 7.41. The van der Waals surface area contributed by atoms with Gasteiger partial charge in [-0.05, 0) is 24.3 Å². The van der Waals surface area contributed by atoms with E-state index in [9.17, 15) is 0 Å². The number of alkyl halides is 1. The molecule has 19 heavy (non-hydrogen) atoms. The number of fused-ring (bicyclic) bond motifs is 1. The van der Waals surface area contributed by atoms with Gasteiger partial charge in [-0.25, -0.2) is 4.98 Å². The Morgan fingerprint density at radius 2 is 2.11 bits per heavy atom. The molecule has 1 aromatic carbocycles. The van der Waals surface area contributed by atoms with Crippen LogP contribution in [0.5, 0.6) is 0 Å². The molecule has 0 aliphatic heterocycles. The van der Waals surface area contributed by atoms with Crippen molar-refractivity contribution in [2.75, 3.05) is 0 Å². The van der Waals surface area contributed by atoms with E-state index in [1.54, 1.807) is 6.26 Å². The Bertz CT molecular complexity index is 689. The lowest BCUT2D eigenvalue weighted by atomic mass is 10.3. The van der Waals surface area contributed by atoms with E-state index in [0.717, 1.165) is 35.6 Å². The van der Waals surface area contributed by atoms with E-state index >= 15 is 0 Å². The lowest BCUT2D eigenvalue weighted by Crippen LogP contribution is -2.05. The van der Waals surface area contributed by atoms with Crippen LogP contribution in [0.4, 0.5) is 0 Å². The minimum atomic E-state index is 0.364. The van der Waals surface area contributed by atoms with Gasteiger partial charge in [0.2, 0.25) is 0 Å². The van der Waals surface area contributed by atoms with E-state index in [0.29, 0.717) is 10.9 Å². The number of imidazole rings is 1. The number of furan rings is 1. The summed E-state index contributed by atoms with van der Waals surface area (Å²) in [6.45, 7) is 0.746. The second kappa shape index (κ2) is 5.27. The SMILES string of the molecule is ClCc1nc2cccc(Cl)c2n1CCc1ccco1. The van der Waals surface area contributed by atoms with Gasteiger partial charge in [-0.2, -0.15) is 0 Å². The predicted octanol–water partition coefficient (Wildman–Crippen LogP) is 4.26. The zero-order chi connectivity index (χ0) is 13.2. The van der Waals surface area contributed by atoms with E-state index < -0.39 is 0 Å². The molecule has 0 saturated carbocycles. The second-order valence-electron chi connectivity index (χ2n) is 4.25. The number of para-hydroxylation sites is 1. The molecule has 2 heterocycles.